The minimum absolute atomic E-state index is 1.07. The number of nitrogens with zero attached hydrogens (tertiary/aromatic N) is 1. The molecule has 0 radical (unpaired) electrons. The molecule has 0 aliphatic heterocycles. The molecule has 2 aromatic carbocycles. The Hall–Kier alpha value is -1.39. The third-order valence-corrected chi connectivity index (χ3v) is 4.14. The first kappa shape index (κ1) is 16.0. The van der Waals surface area contributed by atoms with Crippen molar-refractivity contribution < 1.29 is 28.9 Å². The van der Waals surface area contributed by atoms with Gasteiger partial charge in [0.2, 0.25) is 0 Å². The second-order valence-electron chi connectivity index (χ2n) is 3.80. The largest absolute Gasteiger partial charge is 0.355 e. The van der Waals surface area contributed by atoms with Crippen LogP contribution in [-0.4, -0.2) is 4.37 Å². The van der Waals surface area contributed by atoms with Crippen LogP contribution < -0.4 is 24.0 Å². The van der Waals surface area contributed by atoms with E-state index in [0.717, 1.165) is 16.9 Å². The number of halogens is 1. The van der Waals surface area contributed by atoms with Gasteiger partial charge in [-0.1, -0.05) is 18.2 Å². The lowest BCUT2D eigenvalue weighted by Gasteiger charge is -2.17. The zero-order valence-electron chi connectivity index (χ0n) is 10.4. The highest BCUT2D eigenvalue weighted by molar-refractivity contribution is 7.69. The minimum Gasteiger partial charge on any atom is -0.355 e. The Balaban J connectivity index is 0.000000282. The van der Waals surface area contributed by atoms with Crippen molar-refractivity contribution >= 4 is 42.5 Å². The van der Waals surface area contributed by atoms with Crippen molar-refractivity contribution in [2.45, 2.75) is 0 Å². The van der Waals surface area contributed by atoms with Gasteiger partial charge in [-0.2, -0.15) is 0 Å². The molecule has 0 fully saturated rings. The first-order chi connectivity index (χ1) is 9.92. The lowest BCUT2D eigenvalue weighted by Crippen LogP contribution is -2.68. The van der Waals surface area contributed by atoms with Gasteiger partial charge in [-0.15, -0.1) is 14.6 Å². The van der Waals surface area contributed by atoms with Crippen LogP contribution >= 0.6 is 20.9 Å². The second-order valence-corrected chi connectivity index (χ2v) is 6.44. The van der Waals surface area contributed by atoms with Gasteiger partial charge in [-0.05, 0) is 24.3 Å². The van der Waals surface area contributed by atoms with E-state index in [0.29, 0.717) is 0 Å². The molecule has 9 heteroatoms. The molecule has 6 nitrogen and oxygen atoms in total. The molecule has 0 unspecified atom stereocenters. The fraction of sp³-hybridized carbons (Fsp3) is 0. The number of hydrogen-bond donors (Lipinski definition) is 1. The molecule has 0 spiro atoms. The van der Waals surface area contributed by atoms with Gasteiger partial charge in [0.05, 0.1) is 0 Å². The van der Waals surface area contributed by atoms with Gasteiger partial charge in [-0.25, -0.2) is 18.6 Å². The van der Waals surface area contributed by atoms with Gasteiger partial charge in [0.25, 0.3) is 15.2 Å². The predicted molar refractivity (Wildman–Crippen MR) is 71.6 cm³/mol. The van der Waals surface area contributed by atoms with Gasteiger partial charge < -0.3 is 5.32 Å². The van der Waals surface area contributed by atoms with Crippen LogP contribution in [0.15, 0.2) is 48.5 Å². The highest BCUT2D eigenvalue weighted by atomic mass is 35.7. The Morgan fingerprint density at radius 3 is 2.29 bits per heavy atom. The van der Waals surface area contributed by atoms with E-state index < -0.39 is 10.2 Å². The van der Waals surface area contributed by atoms with E-state index in [9.17, 15) is 0 Å². The number of benzene rings is 2. The molecule has 1 N–H and O–H groups in total. The van der Waals surface area contributed by atoms with Gasteiger partial charge in [0.1, 0.15) is 5.52 Å². The lowest BCUT2D eigenvalue weighted by molar-refractivity contribution is -2.00. The number of anilines is 2. The molecule has 0 aliphatic rings. The van der Waals surface area contributed by atoms with Crippen LogP contribution in [0.2, 0.25) is 0 Å². The summed E-state index contributed by atoms with van der Waals surface area (Å²) < 4.78 is 39.6. The third-order valence-electron chi connectivity index (χ3n) is 2.28. The number of para-hydroxylation sites is 1. The maximum absolute atomic E-state index is 8.49. The van der Waals surface area contributed by atoms with E-state index in [-0.39, 0.29) is 0 Å². The van der Waals surface area contributed by atoms with Crippen LogP contribution in [0.25, 0.3) is 10.2 Å². The second kappa shape index (κ2) is 7.05. The number of aromatic nitrogens is 1. The molecule has 1 aromatic heterocycles. The fourth-order valence-electron chi connectivity index (χ4n) is 1.52. The molecule has 0 atom stereocenters. The molecule has 1 heterocycles. The maximum atomic E-state index is 8.49. The van der Waals surface area contributed by atoms with E-state index in [1.165, 1.54) is 15.2 Å². The Kier molecular flexibility index (Phi) is 5.37. The average molecular weight is 345 g/mol. The smallest absolute Gasteiger partial charge is 0.323 e. The van der Waals surface area contributed by atoms with Gasteiger partial charge >= 0.3 is 10.3 Å². The molecular weight excluding hydrogens is 336 g/mol. The Labute approximate surface area is 129 Å². The summed E-state index contributed by atoms with van der Waals surface area (Å²) in [5.41, 5.74) is 3.24. The van der Waals surface area contributed by atoms with Crippen molar-refractivity contribution in [3.8, 4) is 0 Å². The lowest BCUT2D eigenvalue weighted by atomic mass is 10.2. The summed E-state index contributed by atoms with van der Waals surface area (Å²) in [5, 5.41) is 3.36. The molecule has 0 bridgehead atoms. The van der Waals surface area contributed by atoms with Crippen LogP contribution in [-0.2, 0) is 0 Å². The number of rotatable bonds is 2. The highest BCUT2D eigenvalue weighted by Crippen LogP contribution is 2.26. The molecule has 0 saturated heterocycles. The first-order valence-corrected chi connectivity index (χ1v) is 8.88. The van der Waals surface area contributed by atoms with Crippen LogP contribution in [0.1, 0.15) is 0 Å². The summed E-state index contributed by atoms with van der Waals surface area (Å²) in [5.74, 6) is 0. The Bertz CT molecular complexity index is 697. The quantitative estimate of drug-likeness (QED) is 0.500. The minimum atomic E-state index is -4.94. The van der Waals surface area contributed by atoms with Gasteiger partial charge in [0, 0.05) is 17.4 Å². The summed E-state index contributed by atoms with van der Waals surface area (Å²) in [6.07, 6.45) is 0. The van der Waals surface area contributed by atoms with E-state index >= 15 is 0 Å². The Morgan fingerprint density at radius 2 is 1.62 bits per heavy atom. The van der Waals surface area contributed by atoms with E-state index in [4.69, 9.17) is 18.6 Å². The summed E-state index contributed by atoms with van der Waals surface area (Å²) in [6.45, 7) is 0. The molecule has 3 rings (SSSR count). The standard InChI is InChI=1S/C12H9N2S2.ClHO4/c1-2-4-9(5-3-1)13-10-6-7-12-11(8-10)14-16-15-12;2-1(3,4)5/h1-8,13H;(H,2,3,4,5)/q+1;/p-1. The fourth-order valence-corrected chi connectivity index (χ4v) is 3.26. The molecule has 21 heavy (non-hydrogen) atoms. The predicted octanol–water partition coefficient (Wildman–Crippen LogP) is -0.373. The van der Waals surface area contributed by atoms with Crippen molar-refractivity contribution in [3.63, 3.8) is 0 Å². The number of hydrogen-bond acceptors (Lipinski definition) is 7. The van der Waals surface area contributed by atoms with Crippen molar-refractivity contribution in [1.82, 2.24) is 4.37 Å². The molecular formula is C12H9ClN2O4S2. The van der Waals surface area contributed by atoms with Crippen molar-refractivity contribution in [3.05, 3.63) is 48.5 Å². The summed E-state index contributed by atoms with van der Waals surface area (Å²) in [6, 6.07) is 16.4. The average Bonchev–Trinajstić information content (AvgIpc) is 2.85. The summed E-state index contributed by atoms with van der Waals surface area (Å²) >= 11 is 0. The van der Waals surface area contributed by atoms with Gasteiger partial charge in [-0.3, -0.25) is 0 Å². The maximum Gasteiger partial charge on any atom is 0.323 e. The summed E-state index contributed by atoms with van der Waals surface area (Å²) in [4.78, 5) is 0. The van der Waals surface area contributed by atoms with E-state index in [1.807, 2.05) is 30.3 Å². The molecule has 3 aromatic rings. The Morgan fingerprint density at radius 1 is 0.952 bits per heavy atom. The van der Waals surface area contributed by atoms with Gasteiger partial charge in [0.15, 0.2) is 0 Å². The molecule has 110 valence electrons. The molecule has 0 amide bonds. The highest BCUT2D eigenvalue weighted by Gasteiger charge is 2.09. The monoisotopic (exact) mass is 344 g/mol. The normalized spacial score (nSPS) is 10.9. The number of nitrogens with one attached hydrogen (secondary N) is 1. The zero-order valence-corrected chi connectivity index (χ0v) is 12.8. The van der Waals surface area contributed by atoms with Crippen molar-refractivity contribution in [2.24, 2.45) is 0 Å². The van der Waals surface area contributed by atoms with Crippen LogP contribution in [0.5, 0.6) is 0 Å². The zero-order chi connectivity index (χ0) is 15.3. The molecule has 0 saturated carbocycles. The SMILES string of the molecule is [O-][Cl+3]([O-])([O-])[O-].c1ccc(Nc2ccc3[s+]snc3c2)cc1. The number of fused-ring (bicyclic) bond motifs is 1. The van der Waals surface area contributed by atoms with E-state index in [1.54, 1.807) is 10.3 Å². The molecule has 0 aliphatic carbocycles. The van der Waals surface area contributed by atoms with Crippen LogP contribution in [0.4, 0.5) is 11.4 Å². The first-order valence-electron chi connectivity index (χ1n) is 5.54. The van der Waals surface area contributed by atoms with E-state index in [2.05, 4.69) is 27.9 Å². The van der Waals surface area contributed by atoms with Crippen molar-refractivity contribution in [1.29, 1.82) is 0 Å². The topological polar surface area (TPSA) is 117 Å². The van der Waals surface area contributed by atoms with Crippen molar-refractivity contribution in [2.75, 3.05) is 5.32 Å². The summed E-state index contributed by atoms with van der Waals surface area (Å²) in [7, 11) is -1.71. The van der Waals surface area contributed by atoms with Crippen LogP contribution in [0, 0.1) is 10.2 Å². The van der Waals surface area contributed by atoms with Crippen LogP contribution in [0.3, 0.4) is 0 Å². The third kappa shape index (κ3) is 5.86.